The normalized spacial score (nSPS) is 11.9. The summed E-state index contributed by atoms with van der Waals surface area (Å²) < 4.78 is 50.7. The minimum atomic E-state index is -4.56. The molecule has 5 rings (SSSR count). The number of hydrogen-bond acceptors (Lipinski definition) is 9. The Labute approximate surface area is 249 Å². The summed E-state index contributed by atoms with van der Waals surface area (Å²) in [5.41, 5.74) is 1.62. The van der Waals surface area contributed by atoms with Crippen LogP contribution in [0, 0.1) is 13.8 Å². The number of amides is 2. The molecule has 0 fully saturated rings. The molecule has 4 heterocycles. The molecule has 0 saturated heterocycles. The molecule has 14 heteroatoms. The molecule has 0 atom stereocenters. The van der Waals surface area contributed by atoms with E-state index in [4.69, 9.17) is 8.94 Å². The molecule has 0 bridgehead atoms. The van der Waals surface area contributed by atoms with Gasteiger partial charge in [0.25, 0.3) is 11.8 Å². The Kier molecular flexibility index (Phi) is 7.84. The summed E-state index contributed by atoms with van der Waals surface area (Å²) in [4.78, 5) is 39.2. The monoisotopic (exact) mass is 607 g/mol. The molecule has 228 valence electrons. The van der Waals surface area contributed by atoms with E-state index in [2.05, 4.69) is 36.1 Å². The van der Waals surface area contributed by atoms with Crippen molar-refractivity contribution in [2.45, 2.75) is 39.4 Å². The molecule has 4 aromatic heterocycles. The van der Waals surface area contributed by atoms with E-state index in [0.29, 0.717) is 11.3 Å². The zero-order chi connectivity index (χ0) is 31.8. The predicted molar refractivity (Wildman–Crippen MR) is 155 cm³/mol. The van der Waals surface area contributed by atoms with Gasteiger partial charge in [0.1, 0.15) is 18.1 Å². The van der Waals surface area contributed by atoms with Crippen molar-refractivity contribution in [3.05, 3.63) is 77.2 Å². The van der Waals surface area contributed by atoms with E-state index in [0.717, 1.165) is 12.0 Å². The number of pyridine rings is 2. The number of halogens is 3. The molecule has 1 aromatic carbocycles. The third-order valence-electron chi connectivity index (χ3n) is 6.90. The Morgan fingerprint density at radius 1 is 0.977 bits per heavy atom. The van der Waals surface area contributed by atoms with Gasteiger partial charge in [-0.1, -0.05) is 35.0 Å². The lowest BCUT2D eigenvalue weighted by Gasteiger charge is -2.23. The van der Waals surface area contributed by atoms with Gasteiger partial charge in [0, 0.05) is 29.9 Å². The number of nitrogens with one attached hydrogen (secondary N) is 3. The van der Waals surface area contributed by atoms with Crippen molar-refractivity contribution >= 4 is 28.7 Å². The van der Waals surface area contributed by atoms with E-state index < -0.39 is 30.1 Å². The maximum absolute atomic E-state index is 13.4. The van der Waals surface area contributed by atoms with E-state index in [1.807, 2.05) is 19.1 Å². The van der Waals surface area contributed by atoms with Crippen molar-refractivity contribution in [1.29, 1.82) is 0 Å². The second kappa shape index (κ2) is 11.4. The molecule has 0 aliphatic carbocycles. The van der Waals surface area contributed by atoms with E-state index in [1.165, 1.54) is 25.4 Å². The highest BCUT2D eigenvalue weighted by Crippen LogP contribution is 2.38. The lowest BCUT2D eigenvalue weighted by molar-refractivity contribution is -0.115. The van der Waals surface area contributed by atoms with Crippen LogP contribution in [-0.4, -0.2) is 51.7 Å². The van der Waals surface area contributed by atoms with Crippen molar-refractivity contribution in [2.24, 2.45) is 0 Å². The first kappa shape index (κ1) is 30.2. The van der Waals surface area contributed by atoms with E-state index in [-0.39, 0.29) is 50.8 Å². The fourth-order valence-electron chi connectivity index (χ4n) is 4.58. The Bertz CT molecular complexity index is 1850. The van der Waals surface area contributed by atoms with Gasteiger partial charge >= 0.3 is 6.18 Å². The molecule has 2 amide bonds. The molecule has 5 aromatic rings. The van der Waals surface area contributed by atoms with Crippen LogP contribution in [0.15, 0.2) is 57.9 Å². The van der Waals surface area contributed by atoms with Gasteiger partial charge in [-0.3, -0.25) is 14.6 Å². The van der Waals surface area contributed by atoms with Crippen LogP contribution in [0.4, 0.5) is 19.0 Å². The second-order valence-electron chi connectivity index (χ2n) is 10.6. The quantitative estimate of drug-likeness (QED) is 0.206. The van der Waals surface area contributed by atoms with Gasteiger partial charge < -0.3 is 24.9 Å². The first-order valence-electron chi connectivity index (χ1n) is 13.4. The lowest BCUT2D eigenvalue weighted by atomic mass is 9.99. The predicted octanol–water partition coefficient (Wildman–Crippen LogP) is 5.56. The molecule has 3 N–H and O–H groups in total. The van der Waals surface area contributed by atoms with Gasteiger partial charge in [0.2, 0.25) is 12.1 Å². The molecule has 44 heavy (non-hydrogen) atoms. The highest BCUT2D eigenvalue weighted by atomic mass is 19.4. The summed E-state index contributed by atoms with van der Waals surface area (Å²) in [5, 5.41) is 11.8. The number of aromatic nitrogens is 4. The number of hydrogen-bond donors (Lipinski definition) is 3. The van der Waals surface area contributed by atoms with Crippen LogP contribution in [0.2, 0.25) is 0 Å². The molecule has 11 nitrogen and oxygen atoms in total. The number of aryl methyl sites for hydroxylation is 2. The lowest BCUT2D eigenvalue weighted by Crippen LogP contribution is -2.42. The summed E-state index contributed by atoms with van der Waals surface area (Å²) >= 11 is 0. The summed E-state index contributed by atoms with van der Waals surface area (Å²) in [6.07, 6.45) is -2.00. The van der Waals surface area contributed by atoms with Crippen LogP contribution in [-0.2, 0) is 5.54 Å². The van der Waals surface area contributed by atoms with Crippen molar-refractivity contribution in [1.82, 2.24) is 30.7 Å². The Morgan fingerprint density at radius 2 is 1.70 bits per heavy atom. The SMILES string of the molecule is CNC(=O)c1c(-c2ccc(C)cc2)oc2nc(NCC(F)(F)F)c(-c3cnc(C)c(C(=O)NC(C)(C)c4ncon4)c3)cc12. The van der Waals surface area contributed by atoms with Crippen molar-refractivity contribution < 1.29 is 31.7 Å². The largest absolute Gasteiger partial charge is 0.437 e. The minimum absolute atomic E-state index is 0.0486. The number of nitrogens with zero attached hydrogens (tertiary/aromatic N) is 4. The smallest absolute Gasteiger partial charge is 0.405 e. The fourth-order valence-corrected chi connectivity index (χ4v) is 4.58. The molecule has 0 radical (unpaired) electrons. The summed E-state index contributed by atoms with van der Waals surface area (Å²) in [7, 11) is 1.46. The minimum Gasteiger partial charge on any atom is -0.437 e. The second-order valence-corrected chi connectivity index (χ2v) is 10.6. The van der Waals surface area contributed by atoms with E-state index in [1.54, 1.807) is 32.9 Å². The average Bonchev–Trinajstić information content (AvgIpc) is 3.64. The standard InChI is InChI=1S/C30H28F3N7O4/c1-15-6-8-17(9-7-15)23-22(26(42)34-5)21-11-20(24(38-27(21)44-23)36-13-30(31,32)33)18-10-19(16(2)35-12-18)25(41)39-29(3,4)28-37-14-43-40-28/h6-12,14H,13H2,1-5H3,(H,34,42)(H,36,38)(H,39,41). The third kappa shape index (κ3) is 6.09. The molecule has 0 aliphatic rings. The van der Waals surface area contributed by atoms with Crippen molar-refractivity contribution in [3.63, 3.8) is 0 Å². The number of benzene rings is 1. The van der Waals surface area contributed by atoms with E-state index in [9.17, 15) is 22.8 Å². The third-order valence-corrected chi connectivity index (χ3v) is 6.90. The number of anilines is 1. The summed E-state index contributed by atoms with van der Waals surface area (Å²) in [6.45, 7) is 5.51. The Hall–Kier alpha value is -5.27. The van der Waals surface area contributed by atoms with Crippen LogP contribution in [0.25, 0.3) is 33.6 Å². The van der Waals surface area contributed by atoms with Crippen LogP contribution in [0.1, 0.15) is 51.6 Å². The molecule has 0 spiro atoms. The number of carbonyl (C=O) groups excluding carboxylic acids is 2. The van der Waals surface area contributed by atoms with Crippen LogP contribution < -0.4 is 16.0 Å². The topological polar surface area (TPSA) is 148 Å². The molecular weight excluding hydrogens is 579 g/mol. The van der Waals surface area contributed by atoms with Crippen LogP contribution in [0.3, 0.4) is 0 Å². The maximum atomic E-state index is 13.4. The molecular formula is C30H28F3N7O4. The van der Waals surface area contributed by atoms with Gasteiger partial charge in [-0.2, -0.15) is 23.1 Å². The first-order chi connectivity index (χ1) is 20.8. The number of alkyl halides is 3. The Balaban J connectivity index is 1.66. The van der Waals surface area contributed by atoms with Crippen molar-refractivity contribution in [3.8, 4) is 22.5 Å². The van der Waals surface area contributed by atoms with E-state index >= 15 is 0 Å². The van der Waals surface area contributed by atoms with Crippen LogP contribution in [0.5, 0.6) is 0 Å². The summed E-state index contributed by atoms with van der Waals surface area (Å²) in [6, 6.07) is 10.2. The fraction of sp³-hybridized carbons (Fsp3) is 0.267. The number of rotatable bonds is 8. The summed E-state index contributed by atoms with van der Waals surface area (Å²) in [5.74, 6) is -0.731. The number of carbonyl (C=O) groups is 2. The van der Waals surface area contributed by atoms with Gasteiger partial charge in [-0.05, 0) is 39.8 Å². The molecule has 0 unspecified atom stereocenters. The van der Waals surface area contributed by atoms with Gasteiger partial charge in [-0.25, -0.2) is 0 Å². The van der Waals surface area contributed by atoms with Crippen LogP contribution >= 0.6 is 0 Å². The first-order valence-corrected chi connectivity index (χ1v) is 13.4. The van der Waals surface area contributed by atoms with Gasteiger partial charge in [0.05, 0.1) is 27.7 Å². The zero-order valence-corrected chi connectivity index (χ0v) is 24.4. The van der Waals surface area contributed by atoms with Gasteiger partial charge in [0.15, 0.2) is 5.82 Å². The molecule has 0 aliphatic heterocycles. The molecule has 0 saturated carbocycles. The number of fused-ring (bicyclic) bond motifs is 1. The maximum Gasteiger partial charge on any atom is 0.405 e. The highest BCUT2D eigenvalue weighted by Gasteiger charge is 2.31. The number of furan rings is 1. The zero-order valence-electron chi connectivity index (χ0n) is 24.4. The average molecular weight is 608 g/mol. The Morgan fingerprint density at radius 3 is 2.34 bits per heavy atom. The van der Waals surface area contributed by atoms with Crippen molar-refractivity contribution in [2.75, 3.05) is 18.9 Å². The highest BCUT2D eigenvalue weighted by molar-refractivity contribution is 6.11. The van der Waals surface area contributed by atoms with Gasteiger partial charge in [-0.15, -0.1) is 0 Å².